The zero-order valence-corrected chi connectivity index (χ0v) is 17.5. The third-order valence-electron chi connectivity index (χ3n) is 4.25. The number of hydrogen-bond acceptors (Lipinski definition) is 6. The molecule has 0 radical (unpaired) electrons. The fourth-order valence-electron chi connectivity index (χ4n) is 2.57. The van der Waals surface area contributed by atoms with Gasteiger partial charge in [-0.2, -0.15) is 0 Å². The SMILES string of the molecule is COc1ccccc1C(=O)COC(=O)CCNS(=O)(=O)c1ccc(C(C)C)cc1. The van der Waals surface area contributed by atoms with Crippen LogP contribution in [0.25, 0.3) is 0 Å². The Hall–Kier alpha value is -2.71. The molecule has 1 N–H and O–H groups in total. The number of ether oxygens (including phenoxy) is 2. The van der Waals surface area contributed by atoms with Crippen LogP contribution in [0, 0.1) is 0 Å². The van der Waals surface area contributed by atoms with Crippen LogP contribution in [-0.4, -0.2) is 40.4 Å². The molecule has 2 rings (SSSR count). The number of ketones is 1. The van der Waals surface area contributed by atoms with E-state index in [2.05, 4.69) is 4.72 Å². The Bertz CT molecular complexity index is 951. The number of rotatable bonds is 10. The van der Waals surface area contributed by atoms with Crippen LogP contribution in [0.1, 0.15) is 42.1 Å². The number of nitrogens with one attached hydrogen (secondary N) is 1. The average Bonchev–Trinajstić information content (AvgIpc) is 2.71. The first-order valence-corrected chi connectivity index (χ1v) is 10.6. The van der Waals surface area contributed by atoms with E-state index in [1.54, 1.807) is 36.4 Å². The first-order valence-electron chi connectivity index (χ1n) is 9.16. The molecule has 0 aromatic heterocycles. The van der Waals surface area contributed by atoms with Crippen molar-refractivity contribution in [3.8, 4) is 5.75 Å². The van der Waals surface area contributed by atoms with Crippen LogP contribution in [0.4, 0.5) is 0 Å². The van der Waals surface area contributed by atoms with Gasteiger partial charge in [0.05, 0.1) is 24.0 Å². The maximum atomic E-state index is 12.3. The van der Waals surface area contributed by atoms with Gasteiger partial charge in [-0.3, -0.25) is 9.59 Å². The van der Waals surface area contributed by atoms with Gasteiger partial charge in [0.1, 0.15) is 5.75 Å². The second-order valence-electron chi connectivity index (χ2n) is 6.66. The molecule has 7 nitrogen and oxygen atoms in total. The van der Waals surface area contributed by atoms with Gasteiger partial charge in [-0.25, -0.2) is 13.1 Å². The highest BCUT2D eigenvalue weighted by molar-refractivity contribution is 7.89. The molecule has 0 saturated heterocycles. The Morgan fingerprint density at radius 2 is 1.69 bits per heavy atom. The number of para-hydroxylation sites is 1. The maximum Gasteiger partial charge on any atom is 0.307 e. The number of benzene rings is 2. The fourth-order valence-corrected chi connectivity index (χ4v) is 3.61. The summed E-state index contributed by atoms with van der Waals surface area (Å²) in [5.74, 6) is -0.384. The topological polar surface area (TPSA) is 98.8 Å². The monoisotopic (exact) mass is 419 g/mol. The van der Waals surface area contributed by atoms with Crippen LogP contribution in [0.3, 0.4) is 0 Å². The molecule has 0 atom stereocenters. The first-order chi connectivity index (χ1) is 13.7. The second kappa shape index (κ2) is 10.2. The quantitative estimate of drug-likeness (QED) is 0.470. The molecule has 0 unspecified atom stereocenters. The van der Waals surface area contributed by atoms with Crippen LogP contribution in [0.2, 0.25) is 0 Å². The predicted molar refractivity (Wildman–Crippen MR) is 109 cm³/mol. The number of Topliss-reactive ketones (excluding diaryl/α,β-unsaturated/α-hetero) is 1. The Labute approximate surface area is 171 Å². The van der Waals surface area contributed by atoms with Gasteiger partial charge in [-0.05, 0) is 35.7 Å². The van der Waals surface area contributed by atoms with Crippen molar-refractivity contribution in [3.63, 3.8) is 0 Å². The van der Waals surface area contributed by atoms with Crippen molar-refractivity contribution < 1.29 is 27.5 Å². The lowest BCUT2D eigenvalue weighted by atomic mass is 10.0. The molecule has 0 fully saturated rings. The highest BCUT2D eigenvalue weighted by Crippen LogP contribution is 2.18. The Balaban J connectivity index is 1.82. The smallest absolute Gasteiger partial charge is 0.307 e. The molecular formula is C21H25NO6S. The molecule has 0 amide bonds. The lowest BCUT2D eigenvalue weighted by Gasteiger charge is -2.10. The van der Waals surface area contributed by atoms with E-state index in [4.69, 9.17) is 9.47 Å². The van der Waals surface area contributed by atoms with Crippen molar-refractivity contribution in [2.24, 2.45) is 0 Å². The largest absolute Gasteiger partial charge is 0.496 e. The van der Waals surface area contributed by atoms with E-state index < -0.39 is 28.4 Å². The summed E-state index contributed by atoms with van der Waals surface area (Å²) in [5.41, 5.74) is 1.35. The third kappa shape index (κ3) is 6.40. The highest BCUT2D eigenvalue weighted by Gasteiger charge is 2.17. The number of carbonyl (C=O) groups excluding carboxylic acids is 2. The summed E-state index contributed by atoms with van der Waals surface area (Å²) in [4.78, 5) is 24.1. The number of carbonyl (C=O) groups is 2. The minimum absolute atomic E-state index is 0.126. The minimum atomic E-state index is -3.72. The third-order valence-corrected chi connectivity index (χ3v) is 5.73. The van der Waals surface area contributed by atoms with Crippen LogP contribution < -0.4 is 9.46 Å². The average molecular weight is 419 g/mol. The molecule has 29 heavy (non-hydrogen) atoms. The molecule has 2 aromatic carbocycles. The summed E-state index contributed by atoms with van der Waals surface area (Å²) in [6.45, 7) is 3.47. The Morgan fingerprint density at radius 1 is 1.03 bits per heavy atom. The zero-order chi connectivity index (χ0) is 21.4. The van der Waals surface area contributed by atoms with Gasteiger partial charge in [-0.15, -0.1) is 0 Å². The highest BCUT2D eigenvalue weighted by atomic mass is 32.2. The summed E-state index contributed by atoms with van der Waals surface area (Å²) in [6, 6.07) is 13.2. The summed E-state index contributed by atoms with van der Waals surface area (Å²) in [7, 11) is -2.28. The molecule has 156 valence electrons. The summed E-state index contributed by atoms with van der Waals surface area (Å²) < 4.78 is 37.0. The van der Waals surface area contributed by atoms with Crippen molar-refractivity contribution >= 4 is 21.8 Å². The van der Waals surface area contributed by atoms with E-state index in [-0.39, 0.29) is 17.9 Å². The molecule has 0 heterocycles. The van der Waals surface area contributed by atoms with Crippen molar-refractivity contribution in [3.05, 3.63) is 59.7 Å². The Morgan fingerprint density at radius 3 is 2.31 bits per heavy atom. The summed E-state index contributed by atoms with van der Waals surface area (Å²) in [5, 5.41) is 0. The molecule has 0 aliphatic rings. The summed E-state index contributed by atoms with van der Waals surface area (Å²) >= 11 is 0. The van der Waals surface area contributed by atoms with E-state index in [1.165, 1.54) is 19.2 Å². The lowest BCUT2D eigenvalue weighted by Crippen LogP contribution is -2.27. The molecule has 0 aliphatic carbocycles. The second-order valence-corrected chi connectivity index (χ2v) is 8.42. The van der Waals surface area contributed by atoms with Crippen molar-refractivity contribution in [2.45, 2.75) is 31.1 Å². The van der Waals surface area contributed by atoms with Crippen molar-refractivity contribution in [2.75, 3.05) is 20.3 Å². The van der Waals surface area contributed by atoms with E-state index in [0.717, 1.165) is 5.56 Å². The van der Waals surface area contributed by atoms with Crippen LogP contribution in [-0.2, 0) is 19.6 Å². The van der Waals surface area contributed by atoms with E-state index in [0.29, 0.717) is 17.2 Å². The van der Waals surface area contributed by atoms with Crippen molar-refractivity contribution in [1.29, 1.82) is 0 Å². The van der Waals surface area contributed by atoms with Crippen LogP contribution >= 0.6 is 0 Å². The first kappa shape index (κ1) is 22.6. The number of esters is 1. The number of hydrogen-bond donors (Lipinski definition) is 1. The predicted octanol–water partition coefficient (Wildman–Crippen LogP) is 2.91. The van der Waals surface area contributed by atoms with Gasteiger partial charge in [0.25, 0.3) is 0 Å². The zero-order valence-electron chi connectivity index (χ0n) is 16.7. The van der Waals surface area contributed by atoms with Crippen molar-refractivity contribution in [1.82, 2.24) is 4.72 Å². The number of methoxy groups -OCH3 is 1. The van der Waals surface area contributed by atoms with Crippen LogP contribution in [0.5, 0.6) is 5.75 Å². The molecular weight excluding hydrogens is 394 g/mol. The van der Waals surface area contributed by atoms with E-state index in [9.17, 15) is 18.0 Å². The van der Waals surface area contributed by atoms with Gasteiger partial charge in [0.2, 0.25) is 15.8 Å². The molecule has 0 aliphatic heterocycles. The minimum Gasteiger partial charge on any atom is -0.496 e. The maximum absolute atomic E-state index is 12.3. The van der Waals surface area contributed by atoms with Gasteiger partial charge in [-0.1, -0.05) is 38.1 Å². The van der Waals surface area contributed by atoms with Gasteiger partial charge in [0, 0.05) is 6.54 Å². The normalized spacial score (nSPS) is 11.3. The molecule has 0 bridgehead atoms. The molecule has 0 saturated carbocycles. The van der Waals surface area contributed by atoms with Gasteiger partial charge >= 0.3 is 5.97 Å². The fraction of sp³-hybridized carbons (Fsp3) is 0.333. The van der Waals surface area contributed by atoms with E-state index >= 15 is 0 Å². The van der Waals surface area contributed by atoms with Gasteiger partial charge in [0.15, 0.2) is 6.61 Å². The molecule has 0 spiro atoms. The molecule has 8 heteroatoms. The standard InChI is InChI=1S/C21H25NO6S/c1-15(2)16-8-10-17(11-9-16)29(25,26)22-13-12-21(24)28-14-19(23)18-6-4-5-7-20(18)27-3/h4-11,15,22H,12-14H2,1-3H3. The van der Waals surface area contributed by atoms with Gasteiger partial charge < -0.3 is 9.47 Å². The number of sulfonamides is 1. The van der Waals surface area contributed by atoms with Crippen LogP contribution in [0.15, 0.2) is 53.4 Å². The Kier molecular flexibility index (Phi) is 7.92. The van der Waals surface area contributed by atoms with E-state index in [1.807, 2.05) is 13.8 Å². The lowest BCUT2D eigenvalue weighted by molar-refractivity contribution is -0.142. The molecule has 2 aromatic rings. The summed E-state index contributed by atoms with van der Waals surface area (Å²) in [6.07, 6.45) is -0.192.